The van der Waals surface area contributed by atoms with Gasteiger partial charge in [0.2, 0.25) is 10.9 Å². The zero-order valence-corrected chi connectivity index (χ0v) is 13.0. The minimum Gasteiger partial charge on any atom is -0.357 e. The molecule has 0 spiro atoms. The number of alkyl halides is 2. The summed E-state index contributed by atoms with van der Waals surface area (Å²) in [5.41, 5.74) is 0.333. The fourth-order valence-electron chi connectivity index (χ4n) is 2.65. The number of rotatable bonds is 2. The number of anilines is 1. The molecule has 0 saturated carbocycles. The lowest BCUT2D eigenvalue weighted by Gasteiger charge is -2.36. The molecular formula is C17H19F2NO2. The molecule has 0 aromatic heterocycles. The second kappa shape index (κ2) is 5.99. The molecule has 118 valence electrons. The summed E-state index contributed by atoms with van der Waals surface area (Å²) in [6, 6.07) is 6.06. The first-order chi connectivity index (χ1) is 10.4. The summed E-state index contributed by atoms with van der Waals surface area (Å²) in [5, 5.41) is 0. The fourth-order valence-corrected chi connectivity index (χ4v) is 2.65. The van der Waals surface area contributed by atoms with E-state index in [2.05, 4.69) is 0 Å². The lowest BCUT2D eigenvalue weighted by molar-refractivity contribution is -0.00255. The Balaban J connectivity index is 0.000000847. The van der Waals surface area contributed by atoms with Crippen molar-refractivity contribution in [2.75, 3.05) is 11.4 Å². The molecule has 0 unspecified atom stereocenters. The molecule has 5 heteroatoms. The van der Waals surface area contributed by atoms with E-state index in [1.165, 1.54) is 11.0 Å². The first kappa shape index (κ1) is 16.3. The van der Waals surface area contributed by atoms with Crippen molar-refractivity contribution in [2.24, 2.45) is 0 Å². The Morgan fingerprint density at radius 2 is 1.86 bits per heavy atom. The van der Waals surface area contributed by atoms with E-state index in [1.807, 2.05) is 20.8 Å². The highest BCUT2D eigenvalue weighted by Gasteiger charge is 2.41. The van der Waals surface area contributed by atoms with Crippen LogP contribution in [0.1, 0.15) is 37.5 Å². The molecule has 3 rings (SSSR count). The maximum Gasteiger partial charge on any atom is 0.290 e. The quantitative estimate of drug-likeness (QED) is 0.801. The minimum atomic E-state index is -3.01. The molecule has 2 aromatic carbocycles. The average molecular weight is 307 g/mol. The highest BCUT2D eigenvalue weighted by Crippen LogP contribution is 2.38. The zero-order valence-electron chi connectivity index (χ0n) is 13.0. The maximum atomic E-state index is 14.2. The number of benzene rings is 1. The predicted molar refractivity (Wildman–Crippen MR) is 83.5 cm³/mol. The highest BCUT2D eigenvalue weighted by molar-refractivity contribution is 5.54. The van der Waals surface area contributed by atoms with Crippen LogP contribution in [0.15, 0.2) is 33.9 Å². The van der Waals surface area contributed by atoms with Crippen LogP contribution in [0.2, 0.25) is 0 Å². The van der Waals surface area contributed by atoms with Crippen molar-refractivity contribution >= 4 is 5.69 Å². The normalized spacial score (nSPS) is 16.0. The molecule has 1 aliphatic rings. The molecule has 0 radical (unpaired) electrons. The van der Waals surface area contributed by atoms with E-state index in [-0.39, 0.29) is 17.8 Å². The fraction of sp³-hybridized carbons (Fsp3) is 0.412. The smallest absolute Gasteiger partial charge is 0.290 e. The SMILES string of the molecule is CC.CCc1ccc2c(c1)CN(c1cc(=O)c1=O)CC2(F)F. The number of nitrogens with zero attached hydrogens (tertiary/aromatic N) is 1. The molecule has 0 amide bonds. The predicted octanol–water partition coefficient (Wildman–Crippen LogP) is 2.98. The van der Waals surface area contributed by atoms with Gasteiger partial charge < -0.3 is 4.90 Å². The van der Waals surface area contributed by atoms with Crippen LogP contribution in [0.3, 0.4) is 0 Å². The van der Waals surface area contributed by atoms with Gasteiger partial charge in [-0.2, -0.15) is 8.78 Å². The minimum absolute atomic E-state index is 0.0182. The van der Waals surface area contributed by atoms with Crippen molar-refractivity contribution in [1.82, 2.24) is 0 Å². The number of fused-ring (bicyclic) bond motifs is 1. The molecule has 3 nitrogen and oxygen atoms in total. The van der Waals surface area contributed by atoms with Crippen LogP contribution in [0, 0.1) is 0 Å². The molecular weight excluding hydrogens is 288 g/mol. The van der Waals surface area contributed by atoms with E-state index in [1.54, 1.807) is 12.1 Å². The van der Waals surface area contributed by atoms with Gasteiger partial charge in [-0.1, -0.05) is 39.0 Å². The van der Waals surface area contributed by atoms with E-state index in [0.29, 0.717) is 5.56 Å². The summed E-state index contributed by atoms with van der Waals surface area (Å²) in [7, 11) is 0. The van der Waals surface area contributed by atoms with Crippen molar-refractivity contribution in [1.29, 1.82) is 0 Å². The second-order valence-corrected chi connectivity index (χ2v) is 5.13. The Morgan fingerprint density at radius 3 is 2.41 bits per heavy atom. The lowest BCUT2D eigenvalue weighted by Crippen LogP contribution is -2.46. The number of hydrogen-bond acceptors (Lipinski definition) is 3. The van der Waals surface area contributed by atoms with Crippen molar-refractivity contribution in [3.8, 4) is 0 Å². The molecule has 0 N–H and O–H groups in total. The van der Waals surface area contributed by atoms with Gasteiger partial charge in [-0.15, -0.1) is 0 Å². The zero-order chi connectivity index (χ0) is 16.5. The van der Waals surface area contributed by atoms with Gasteiger partial charge in [-0.05, 0) is 17.5 Å². The summed E-state index contributed by atoms with van der Waals surface area (Å²) >= 11 is 0. The largest absolute Gasteiger partial charge is 0.357 e. The number of halogens is 2. The molecule has 2 aromatic rings. The van der Waals surface area contributed by atoms with Crippen LogP contribution >= 0.6 is 0 Å². The van der Waals surface area contributed by atoms with E-state index in [4.69, 9.17) is 0 Å². The third-order valence-corrected chi connectivity index (χ3v) is 3.79. The summed E-state index contributed by atoms with van der Waals surface area (Å²) in [5.74, 6) is -3.01. The molecule has 22 heavy (non-hydrogen) atoms. The van der Waals surface area contributed by atoms with Gasteiger partial charge in [-0.3, -0.25) is 9.59 Å². The first-order valence-corrected chi connectivity index (χ1v) is 7.48. The topological polar surface area (TPSA) is 37.4 Å². The number of aryl methyl sites for hydroxylation is 1. The highest BCUT2D eigenvalue weighted by atomic mass is 19.3. The summed E-state index contributed by atoms with van der Waals surface area (Å²) in [4.78, 5) is 23.7. The van der Waals surface area contributed by atoms with Gasteiger partial charge >= 0.3 is 0 Å². The molecule has 0 atom stereocenters. The van der Waals surface area contributed by atoms with Crippen molar-refractivity contribution < 1.29 is 8.78 Å². The van der Waals surface area contributed by atoms with Gasteiger partial charge in [0, 0.05) is 18.2 Å². The van der Waals surface area contributed by atoms with Gasteiger partial charge in [0.1, 0.15) is 0 Å². The molecule has 0 aliphatic carbocycles. The van der Waals surface area contributed by atoms with E-state index < -0.39 is 23.3 Å². The van der Waals surface area contributed by atoms with Crippen LogP contribution in [0.25, 0.3) is 0 Å². The van der Waals surface area contributed by atoms with Gasteiger partial charge in [0.25, 0.3) is 5.92 Å². The van der Waals surface area contributed by atoms with Gasteiger partial charge in [0.05, 0.1) is 12.2 Å². The Bertz CT molecular complexity index is 745. The maximum absolute atomic E-state index is 14.2. The van der Waals surface area contributed by atoms with Crippen LogP contribution in [0.4, 0.5) is 14.5 Å². The van der Waals surface area contributed by atoms with Gasteiger partial charge in [0.15, 0.2) is 0 Å². The summed E-state index contributed by atoms with van der Waals surface area (Å²) in [6.07, 6.45) is 0.763. The van der Waals surface area contributed by atoms with E-state index in [0.717, 1.165) is 18.1 Å². The van der Waals surface area contributed by atoms with Crippen molar-refractivity contribution in [3.63, 3.8) is 0 Å². The lowest BCUT2D eigenvalue weighted by atomic mass is 9.93. The average Bonchev–Trinajstić information content (AvgIpc) is 2.52. The second-order valence-electron chi connectivity index (χ2n) is 5.13. The molecule has 0 fully saturated rings. The third-order valence-electron chi connectivity index (χ3n) is 3.79. The molecule has 0 bridgehead atoms. The number of hydrogen-bond donors (Lipinski definition) is 0. The van der Waals surface area contributed by atoms with Crippen LogP contribution < -0.4 is 15.8 Å². The van der Waals surface area contributed by atoms with Crippen LogP contribution in [-0.2, 0) is 18.9 Å². The Morgan fingerprint density at radius 1 is 1.18 bits per heavy atom. The Labute approximate surface area is 127 Å². The monoisotopic (exact) mass is 307 g/mol. The summed E-state index contributed by atoms with van der Waals surface area (Å²) in [6.45, 7) is 5.64. The van der Waals surface area contributed by atoms with Crippen LogP contribution in [-0.4, -0.2) is 6.54 Å². The molecule has 0 saturated heterocycles. The standard InChI is InChI=1S/C15H13F2NO2.C2H6/c1-2-9-3-4-11-10(5-9)7-18(8-15(11,16)17)12-6-13(19)14(12)20;1-2/h3-6H,2,7-8H2,1H3;1-2H3. The van der Waals surface area contributed by atoms with Crippen LogP contribution in [0.5, 0.6) is 0 Å². The molecule has 1 aliphatic heterocycles. The Kier molecular flexibility index (Phi) is 4.44. The van der Waals surface area contributed by atoms with Crippen molar-refractivity contribution in [3.05, 3.63) is 61.4 Å². The summed E-state index contributed by atoms with van der Waals surface area (Å²) < 4.78 is 28.3. The van der Waals surface area contributed by atoms with Gasteiger partial charge in [-0.25, -0.2) is 0 Å². The van der Waals surface area contributed by atoms with Crippen molar-refractivity contribution in [2.45, 2.75) is 39.7 Å². The Hall–Kier alpha value is -2.04. The third kappa shape index (κ3) is 2.67. The van der Waals surface area contributed by atoms with E-state index in [9.17, 15) is 18.4 Å². The first-order valence-electron chi connectivity index (χ1n) is 7.48. The van der Waals surface area contributed by atoms with E-state index >= 15 is 0 Å². The molecule has 1 heterocycles.